The number of nitrogens with zero attached hydrogens (tertiary/aromatic N) is 5. The fraction of sp³-hybridized carbons (Fsp3) is 0.389. The Morgan fingerprint density at radius 1 is 1.12 bits per heavy atom. The first kappa shape index (κ1) is 15.1. The van der Waals surface area contributed by atoms with Gasteiger partial charge in [0.05, 0.1) is 17.4 Å². The maximum atomic E-state index is 12.8. The molecule has 0 aliphatic carbocycles. The summed E-state index contributed by atoms with van der Waals surface area (Å²) in [5, 5.41) is 9.40. The number of piperidine rings is 1. The standard InChI is InChI=1S/C18H21N5O/c1-2-10-22-17(24)14-8-4-5-9-15(14)23-16(19-20-18(22)23)13-21-11-6-3-7-12-21/h2,4-5,8-9H,1,3,6-7,10-13H2. The maximum absolute atomic E-state index is 12.8. The van der Waals surface area contributed by atoms with E-state index in [0.29, 0.717) is 17.7 Å². The van der Waals surface area contributed by atoms with Crippen LogP contribution in [0.5, 0.6) is 0 Å². The van der Waals surface area contributed by atoms with Gasteiger partial charge in [-0.3, -0.25) is 18.7 Å². The van der Waals surface area contributed by atoms with E-state index in [-0.39, 0.29) is 5.56 Å². The van der Waals surface area contributed by atoms with Gasteiger partial charge in [-0.1, -0.05) is 24.6 Å². The first-order valence-electron chi connectivity index (χ1n) is 8.48. The molecular formula is C18H21N5O. The number of benzene rings is 1. The second-order valence-corrected chi connectivity index (χ2v) is 6.31. The van der Waals surface area contributed by atoms with E-state index < -0.39 is 0 Å². The SMILES string of the molecule is C=CCn1c(=O)c2ccccc2n2c(CN3CCCCC3)nnc12. The van der Waals surface area contributed by atoms with Crippen LogP contribution in [-0.4, -0.2) is 37.2 Å². The van der Waals surface area contributed by atoms with Gasteiger partial charge < -0.3 is 0 Å². The van der Waals surface area contributed by atoms with Gasteiger partial charge in [0.25, 0.3) is 5.56 Å². The summed E-state index contributed by atoms with van der Waals surface area (Å²) in [6.45, 7) is 7.14. The van der Waals surface area contributed by atoms with Gasteiger partial charge in [-0.25, -0.2) is 0 Å². The summed E-state index contributed by atoms with van der Waals surface area (Å²) in [4.78, 5) is 15.2. The summed E-state index contributed by atoms with van der Waals surface area (Å²) in [7, 11) is 0. The molecule has 1 saturated heterocycles. The predicted molar refractivity (Wildman–Crippen MR) is 94.1 cm³/mol. The molecule has 4 rings (SSSR count). The number of rotatable bonds is 4. The van der Waals surface area contributed by atoms with Crippen LogP contribution in [-0.2, 0) is 13.1 Å². The number of hydrogen-bond acceptors (Lipinski definition) is 4. The van der Waals surface area contributed by atoms with Crippen LogP contribution < -0.4 is 5.56 Å². The number of fused-ring (bicyclic) bond motifs is 3. The van der Waals surface area contributed by atoms with Crippen molar-refractivity contribution in [1.82, 2.24) is 24.1 Å². The van der Waals surface area contributed by atoms with E-state index >= 15 is 0 Å². The molecule has 3 heterocycles. The normalized spacial score (nSPS) is 16.0. The Kier molecular flexibility index (Phi) is 3.90. The Hall–Kier alpha value is -2.47. The zero-order chi connectivity index (χ0) is 16.5. The Morgan fingerprint density at radius 3 is 2.71 bits per heavy atom. The van der Waals surface area contributed by atoms with Crippen molar-refractivity contribution in [3.05, 3.63) is 53.1 Å². The first-order valence-corrected chi connectivity index (χ1v) is 8.48. The fourth-order valence-corrected chi connectivity index (χ4v) is 3.53. The molecule has 0 saturated carbocycles. The first-order chi connectivity index (χ1) is 11.8. The smallest absolute Gasteiger partial charge is 0.263 e. The highest BCUT2D eigenvalue weighted by molar-refractivity contribution is 5.80. The number of para-hydroxylation sites is 1. The molecule has 0 unspecified atom stereocenters. The average molecular weight is 323 g/mol. The van der Waals surface area contributed by atoms with Gasteiger partial charge in [-0.05, 0) is 38.1 Å². The minimum absolute atomic E-state index is 0.0464. The van der Waals surface area contributed by atoms with Crippen LogP contribution in [0.15, 0.2) is 41.7 Å². The average Bonchev–Trinajstić information content (AvgIpc) is 3.03. The summed E-state index contributed by atoms with van der Waals surface area (Å²) >= 11 is 0. The molecule has 6 nitrogen and oxygen atoms in total. The number of hydrogen-bond donors (Lipinski definition) is 0. The van der Waals surface area contributed by atoms with Crippen molar-refractivity contribution < 1.29 is 0 Å². The van der Waals surface area contributed by atoms with Gasteiger partial charge in [0, 0.05) is 6.54 Å². The molecule has 2 aromatic heterocycles. The number of likely N-dealkylation sites (tertiary alicyclic amines) is 1. The highest BCUT2D eigenvalue weighted by Crippen LogP contribution is 2.17. The minimum Gasteiger partial charge on any atom is -0.296 e. The molecule has 3 aromatic rings. The van der Waals surface area contributed by atoms with Gasteiger partial charge in [0.2, 0.25) is 5.78 Å². The molecule has 0 amide bonds. The van der Waals surface area contributed by atoms with Crippen molar-refractivity contribution in [1.29, 1.82) is 0 Å². The number of allylic oxidation sites excluding steroid dienone is 1. The van der Waals surface area contributed by atoms with E-state index in [2.05, 4.69) is 21.7 Å². The minimum atomic E-state index is -0.0464. The zero-order valence-electron chi connectivity index (χ0n) is 13.7. The second-order valence-electron chi connectivity index (χ2n) is 6.31. The van der Waals surface area contributed by atoms with E-state index in [1.165, 1.54) is 19.3 Å². The molecule has 124 valence electrons. The van der Waals surface area contributed by atoms with E-state index in [9.17, 15) is 4.79 Å². The molecule has 0 N–H and O–H groups in total. The molecule has 1 aromatic carbocycles. The highest BCUT2D eigenvalue weighted by atomic mass is 16.1. The summed E-state index contributed by atoms with van der Waals surface area (Å²) in [5.41, 5.74) is 0.824. The van der Waals surface area contributed by atoms with Crippen LogP contribution >= 0.6 is 0 Å². The molecule has 0 bridgehead atoms. The van der Waals surface area contributed by atoms with E-state index in [4.69, 9.17) is 0 Å². The van der Waals surface area contributed by atoms with Gasteiger partial charge >= 0.3 is 0 Å². The Labute approximate surface area is 140 Å². The Bertz CT molecular complexity index is 949. The lowest BCUT2D eigenvalue weighted by atomic mass is 10.1. The van der Waals surface area contributed by atoms with Crippen LogP contribution in [0.4, 0.5) is 0 Å². The second kappa shape index (κ2) is 6.20. The molecule has 6 heteroatoms. The maximum Gasteiger partial charge on any atom is 0.263 e. The highest BCUT2D eigenvalue weighted by Gasteiger charge is 2.18. The summed E-state index contributed by atoms with van der Waals surface area (Å²) < 4.78 is 3.66. The Balaban J connectivity index is 1.93. The lowest BCUT2D eigenvalue weighted by molar-refractivity contribution is 0.215. The molecule has 24 heavy (non-hydrogen) atoms. The lowest BCUT2D eigenvalue weighted by Gasteiger charge is -2.25. The molecular weight excluding hydrogens is 302 g/mol. The summed E-state index contributed by atoms with van der Waals surface area (Å²) in [6, 6.07) is 7.67. The van der Waals surface area contributed by atoms with E-state index in [0.717, 1.165) is 31.0 Å². The van der Waals surface area contributed by atoms with Crippen LogP contribution in [0.3, 0.4) is 0 Å². The largest absolute Gasteiger partial charge is 0.296 e. The van der Waals surface area contributed by atoms with Gasteiger partial charge in [0.1, 0.15) is 0 Å². The molecule has 1 aliphatic heterocycles. The summed E-state index contributed by atoms with van der Waals surface area (Å²) in [5.74, 6) is 1.48. The third-order valence-corrected chi connectivity index (χ3v) is 4.70. The molecule has 1 fully saturated rings. The molecule has 0 radical (unpaired) electrons. The van der Waals surface area contributed by atoms with Gasteiger partial charge in [0.15, 0.2) is 5.82 Å². The molecule has 1 aliphatic rings. The van der Waals surface area contributed by atoms with Crippen molar-refractivity contribution in [2.24, 2.45) is 0 Å². The predicted octanol–water partition coefficient (Wildman–Crippen LogP) is 2.22. The van der Waals surface area contributed by atoms with Crippen LogP contribution in [0.1, 0.15) is 25.1 Å². The monoisotopic (exact) mass is 323 g/mol. The van der Waals surface area contributed by atoms with Gasteiger partial charge in [-0.2, -0.15) is 0 Å². The van der Waals surface area contributed by atoms with Crippen molar-refractivity contribution in [3.63, 3.8) is 0 Å². The quantitative estimate of drug-likeness (QED) is 0.691. The zero-order valence-corrected chi connectivity index (χ0v) is 13.7. The van der Waals surface area contributed by atoms with E-state index in [1.807, 2.05) is 28.7 Å². The third kappa shape index (κ3) is 2.43. The molecule has 0 atom stereocenters. The third-order valence-electron chi connectivity index (χ3n) is 4.70. The van der Waals surface area contributed by atoms with Crippen molar-refractivity contribution >= 4 is 16.7 Å². The van der Waals surface area contributed by atoms with Crippen molar-refractivity contribution in [2.45, 2.75) is 32.4 Å². The van der Waals surface area contributed by atoms with Crippen molar-refractivity contribution in [3.8, 4) is 0 Å². The number of aromatic nitrogens is 4. The van der Waals surface area contributed by atoms with E-state index in [1.54, 1.807) is 10.6 Å². The van der Waals surface area contributed by atoms with Crippen molar-refractivity contribution in [2.75, 3.05) is 13.1 Å². The summed E-state index contributed by atoms with van der Waals surface area (Å²) in [6.07, 6.45) is 5.49. The molecule has 0 spiro atoms. The van der Waals surface area contributed by atoms with Crippen LogP contribution in [0, 0.1) is 0 Å². The van der Waals surface area contributed by atoms with Crippen LogP contribution in [0.25, 0.3) is 16.7 Å². The Morgan fingerprint density at radius 2 is 1.92 bits per heavy atom. The topological polar surface area (TPSA) is 55.4 Å². The van der Waals surface area contributed by atoms with Gasteiger partial charge in [-0.15, -0.1) is 16.8 Å². The lowest BCUT2D eigenvalue weighted by Crippen LogP contribution is -2.30. The fourth-order valence-electron chi connectivity index (χ4n) is 3.53. The van der Waals surface area contributed by atoms with Crippen LogP contribution in [0.2, 0.25) is 0 Å².